The molecule has 1 saturated heterocycles. The van der Waals surface area contributed by atoms with E-state index in [0.29, 0.717) is 22.3 Å². The van der Waals surface area contributed by atoms with Crippen LogP contribution in [0.2, 0.25) is 10.0 Å². The van der Waals surface area contributed by atoms with Crippen molar-refractivity contribution >= 4 is 34.8 Å². The van der Waals surface area contributed by atoms with Crippen molar-refractivity contribution in [2.75, 3.05) is 44.6 Å². The lowest BCUT2D eigenvalue weighted by atomic mass is 10.3. The second kappa shape index (κ2) is 7.27. The fraction of sp³-hybridized carbons (Fsp3) is 0.500. The standard InChI is InChI=1S/C14H19Cl2N3O/c1-2-18-5-7-19(8-6-18)10-14(20)17-13-9-11(15)3-4-12(13)16/h3-4,9H,2,5-8,10H2,1H3,(H,17,20). The largest absolute Gasteiger partial charge is 0.324 e. The van der Waals surface area contributed by atoms with Crippen LogP contribution in [-0.2, 0) is 4.79 Å². The van der Waals surface area contributed by atoms with Gasteiger partial charge in [0.15, 0.2) is 0 Å². The molecule has 1 aromatic rings. The molecule has 4 nitrogen and oxygen atoms in total. The van der Waals surface area contributed by atoms with Gasteiger partial charge in [0.25, 0.3) is 0 Å². The number of piperazine rings is 1. The molecule has 0 spiro atoms. The van der Waals surface area contributed by atoms with Gasteiger partial charge in [-0.25, -0.2) is 0 Å². The fourth-order valence-corrected chi connectivity index (χ4v) is 2.59. The lowest BCUT2D eigenvalue weighted by Gasteiger charge is -2.33. The molecule has 1 aromatic carbocycles. The third-order valence-electron chi connectivity index (χ3n) is 3.48. The number of benzene rings is 1. The molecule has 1 aliphatic rings. The summed E-state index contributed by atoms with van der Waals surface area (Å²) in [5.41, 5.74) is 0.566. The third kappa shape index (κ3) is 4.35. The highest BCUT2D eigenvalue weighted by atomic mass is 35.5. The average Bonchev–Trinajstić information content (AvgIpc) is 2.43. The lowest BCUT2D eigenvalue weighted by molar-refractivity contribution is -0.117. The Hall–Kier alpha value is -0.810. The number of carbonyl (C=O) groups is 1. The van der Waals surface area contributed by atoms with Crippen LogP contribution in [0.15, 0.2) is 18.2 Å². The molecule has 1 fully saturated rings. The van der Waals surface area contributed by atoms with Crippen molar-refractivity contribution in [2.45, 2.75) is 6.92 Å². The van der Waals surface area contributed by atoms with Gasteiger partial charge in [-0.05, 0) is 24.7 Å². The minimum Gasteiger partial charge on any atom is -0.324 e. The van der Waals surface area contributed by atoms with Crippen LogP contribution < -0.4 is 5.32 Å². The maximum Gasteiger partial charge on any atom is 0.238 e. The summed E-state index contributed by atoms with van der Waals surface area (Å²) in [5.74, 6) is -0.0564. The molecule has 0 unspecified atom stereocenters. The van der Waals surface area contributed by atoms with E-state index in [4.69, 9.17) is 23.2 Å². The van der Waals surface area contributed by atoms with E-state index in [2.05, 4.69) is 22.0 Å². The number of hydrogen-bond acceptors (Lipinski definition) is 3. The molecule has 1 N–H and O–H groups in total. The van der Waals surface area contributed by atoms with Crippen molar-refractivity contribution < 1.29 is 4.79 Å². The maximum atomic E-state index is 12.0. The second-order valence-corrected chi connectivity index (χ2v) is 5.73. The summed E-state index contributed by atoms with van der Waals surface area (Å²) in [5, 5.41) is 3.87. The van der Waals surface area contributed by atoms with E-state index in [1.165, 1.54) is 0 Å². The van der Waals surface area contributed by atoms with Crippen LogP contribution in [-0.4, -0.2) is 55.0 Å². The first-order chi connectivity index (χ1) is 9.58. The van der Waals surface area contributed by atoms with E-state index >= 15 is 0 Å². The molecule has 1 heterocycles. The third-order valence-corrected chi connectivity index (χ3v) is 4.05. The molecule has 1 aliphatic heterocycles. The number of nitrogens with zero attached hydrogens (tertiary/aromatic N) is 2. The van der Waals surface area contributed by atoms with Gasteiger partial charge < -0.3 is 10.2 Å². The van der Waals surface area contributed by atoms with Crippen molar-refractivity contribution in [3.63, 3.8) is 0 Å². The number of amides is 1. The van der Waals surface area contributed by atoms with Crippen LogP contribution in [0, 0.1) is 0 Å². The second-order valence-electron chi connectivity index (χ2n) is 4.88. The molecule has 0 radical (unpaired) electrons. The van der Waals surface area contributed by atoms with E-state index in [1.807, 2.05) is 0 Å². The summed E-state index contributed by atoms with van der Waals surface area (Å²) >= 11 is 11.9. The van der Waals surface area contributed by atoms with E-state index in [-0.39, 0.29) is 5.91 Å². The van der Waals surface area contributed by atoms with Crippen LogP contribution in [0.1, 0.15) is 6.92 Å². The first kappa shape index (κ1) is 15.6. The number of likely N-dealkylation sites (N-methyl/N-ethyl adjacent to an activating group) is 1. The zero-order valence-electron chi connectivity index (χ0n) is 11.5. The van der Waals surface area contributed by atoms with Crippen molar-refractivity contribution in [1.29, 1.82) is 0 Å². The molecule has 2 rings (SSSR count). The first-order valence-electron chi connectivity index (χ1n) is 6.78. The molecule has 110 valence electrons. The number of nitrogens with one attached hydrogen (secondary N) is 1. The Kier molecular flexibility index (Phi) is 5.66. The molecule has 20 heavy (non-hydrogen) atoms. The van der Waals surface area contributed by atoms with Gasteiger partial charge in [-0.3, -0.25) is 9.69 Å². The highest BCUT2D eigenvalue weighted by molar-refractivity contribution is 6.35. The van der Waals surface area contributed by atoms with Crippen molar-refractivity contribution in [3.05, 3.63) is 28.2 Å². The van der Waals surface area contributed by atoms with Gasteiger partial charge in [0.1, 0.15) is 0 Å². The van der Waals surface area contributed by atoms with Crippen molar-refractivity contribution in [1.82, 2.24) is 9.80 Å². The Morgan fingerprint density at radius 2 is 1.85 bits per heavy atom. The normalized spacial score (nSPS) is 17.1. The average molecular weight is 316 g/mol. The summed E-state index contributed by atoms with van der Waals surface area (Å²) in [6.07, 6.45) is 0. The van der Waals surface area contributed by atoms with Crippen molar-refractivity contribution in [2.24, 2.45) is 0 Å². The Morgan fingerprint density at radius 3 is 2.50 bits per heavy atom. The predicted octanol–water partition coefficient (Wildman–Crippen LogP) is 2.57. The summed E-state index contributed by atoms with van der Waals surface area (Å²) in [6.45, 7) is 7.49. The van der Waals surface area contributed by atoms with Gasteiger partial charge in [0.05, 0.1) is 17.3 Å². The molecule has 1 amide bonds. The number of hydrogen-bond donors (Lipinski definition) is 1. The minimum atomic E-state index is -0.0564. The molecule has 0 aliphatic carbocycles. The minimum absolute atomic E-state index is 0.0564. The molecule has 0 aromatic heterocycles. The van der Waals surface area contributed by atoms with Gasteiger partial charge in [0, 0.05) is 31.2 Å². The van der Waals surface area contributed by atoms with Gasteiger partial charge >= 0.3 is 0 Å². The Morgan fingerprint density at radius 1 is 1.20 bits per heavy atom. The van der Waals surface area contributed by atoms with Gasteiger partial charge in [-0.15, -0.1) is 0 Å². The Labute approximate surface area is 129 Å². The van der Waals surface area contributed by atoms with E-state index < -0.39 is 0 Å². The van der Waals surface area contributed by atoms with E-state index in [1.54, 1.807) is 18.2 Å². The van der Waals surface area contributed by atoms with Crippen LogP contribution in [0.3, 0.4) is 0 Å². The fourth-order valence-electron chi connectivity index (χ4n) is 2.25. The van der Waals surface area contributed by atoms with Crippen LogP contribution >= 0.6 is 23.2 Å². The van der Waals surface area contributed by atoms with E-state index in [9.17, 15) is 4.79 Å². The smallest absolute Gasteiger partial charge is 0.238 e. The predicted molar refractivity (Wildman–Crippen MR) is 83.6 cm³/mol. The maximum absolute atomic E-state index is 12.0. The first-order valence-corrected chi connectivity index (χ1v) is 7.53. The monoisotopic (exact) mass is 315 g/mol. The Bertz CT molecular complexity index is 473. The lowest BCUT2D eigenvalue weighted by Crippen LogP contribution is -2.48. The highest BCUT2D eigenvalue weighted by Crippen LogP contribution is 2.25. The molecule has 0 bridgehead atoms. The van der Waals surface area contributed by atoms with Crippen molar-refractivity contribution in [3.8, 4) is 0 Å². The summed E-state index contributed by atoms with van der Waals surface area (Å²) in [6, 6.07) is 5.04. The molecular weight excluding hydrogens is 297 g/mol. The zero-order chi connectivity index (χ0) is 14.5. The topological polar surface area (TPSA) is 35.6 Å². The molecule has 6 heteroatoms. The number of anilines is 1. The summed E-state index contributed by atoms with van der Waals surface area (Å²) in [4.78, 5) is 16.6. The van der Waals surface area contributed by atoms with Gasteiger partial charge in [-0.2, -0.15) is 0 Å². The quantitative estimate of drug-likeness (QED) is 0.927. The Balaban J connectivity index is 1.85. The molecular formula is C14H19Cl2N3O. The molecule has 0 atom stereocenters. The number of rotatable bonds is 4. The highest BCUT2D eigenvalue weighted by Gasteiger charge is 2.18. The summed E-state index contributed by atoms with van der Waals surface area (Å²) in [7, 11) is 0. The zero-order valence-corrected chi connectivity index (χ0v) is 13.0. The van der Waals surface area contributed by atoms with Gasteiger partial charge in [0.2, 0.25) is 5.91 Å². The number of carbonyl (C=O) groups excluding carboxylic acids is 1. The SMILES string of the molecule is CCN1CCN(CC(=O)Nc2cc(Cl)ccc2Cl)CC1. The van der Waals surface area contributed by atoms with E-state index in [0.717, 1.165) is 32.7 Å². The van der Waals surface area contributed by atoms with Crippen LogP contribution in [0.5, 0.6) is 0 Å². The van der Waals surface area contributed by atoms with Crippen LogP contribution in [0.25, 0.3) is 0 Å². The molecule has 0 saturated carbocycles. The van der Waals surface area contributed by atoms with Gasteiger partial charge in [-0.1, -0.05) is 30.1 Å². The van der Waals surface area contributed by atoms with Crippen LogP contribution in [0.4, 0.5) is 5.69 Å². The number of halogens is 2. The summed E-state index contributed by atoms with van der Waals surface area (Å²) < 4.78 is 0.